The van der Waals surface area contributed by atoms with E-state index in [1.165, 1.54) is 41.3 Å². The highest BCUT2D eigenvalue weighted by atomic mass is 35.5. The van der Waals surface area contributed by atoms with E-state index in [4.69, 9.17) is 23.2 Å². The van der Waals surface area contributed by atoms with E-state index >= 15 is 0 Å². The van der Waals surface area contributed by atoms with E-state index in [1.807, 2.05) is 0 Å². The van der Waals surface area contributed by atoms with Crippen LogP contribution in [0.3, 0.4) is 0 Å². The molecule has 4 nitrogen and oxygen atoms in total. The average molecular weight is 402 g/mol. The molecule has 8 heteroatoms. The third-order valence-corrected chi connectivity index (χ3v) is 6.95. The predicted octanol–water partition coefficient (Wildman–Crippen LogP) is 3.82. The minimum atomic E-state index is -3.60. The summed E-state index contributed by atoms with van der Waals surface area (Å²) >= 11 is 11.7. The Labute approximate surface area is 155 Å². The van der Waals surface area contributed by atoms with Crippen molar-refractivity contribution in [3.8, 4) is 0 Å². The Bertz CT molecular complexity index is 896. The van der Waals surface area contributed by atoms with E-state index in [-0.39, 0.29) is 35.0 Å². The first-order chi connectivity index (χ1) is 11.8. The van der Waals surface area contributed by atoms with Crippen LogP contribution < -0.4 is 0 Å². The van der Waals surface area contributed by atoms with Crippen LogP contribution in [0, 0.1) is 5.82 Å². The summed E-state index contributed by atoms with van der Waals surface area (Å²) in [6.45, 7) is 0.218. The molecule has 1 fully saturated rings. The number of carbonyl (C=O) groups excluding carboxylic acids is 1. The summed E-state index contributed by atoms with van der Waals surface area (Å²) in [5.41, 5.74) is -0.228. The summed E-state index contributed by atoms with van der Waals surface area (Å²) in [7, 11) is -3.60. The third-order valence-electron chi connectivity index (χ3n) is 4.19. The molecular formula is C17H14Cl2FNO3S. The minimum absolute atomic E-state index is 0.00550. The van der Waals surface area contributed by atoms with Gasteiger partial charge in [-0.15, -0.1) is 0 Å². The third kappa shape index (κ3) is 3.52. The van der Waals surface area contributed by atoms with Crippen molar-refractivity contribution in [2.24, 2.45) is 0 Å². The Kier molecular flexibility index (Phi) is 5.04. The number of carbonyl (C=O) groups is 1. The van der Waals surface area contributed by atoms with E-state index in [1.54, 1.807) is 0 Å². The first-order valence-corrected chi connectivity index (χ1v) is 9.83. The lowest BCUT2D eigenvalue weighted by atomic mass is 10.2. The van der Waals surface area contributed by atoms with E-state index in [0.717, 1.165) is 6.07 Å². The van der Waals surface area contributed by atoms with Crippen molar-refractivity contribution in [1.29, 1.82) is 0 Å². The Hall–Kier alpha value is -1.63. The lowest BCUT2D eigenvalue weighted by Crippen LogP contribution is -2.32. The van der Waals surface area contributed by atoms with Gasteiger partial charge in [0.2, 0.25) is 0 Å². The number of nitrogens with zero attached hydrogens (tertiary/aromatic N) is 1. The quantitative estimate of drug-likeness (QED) is 0.785. The van der Waals surface area contributed by atoms with Crippen molar-refractivity contribution in [3.05, 3.63) is 63.9 Å². The smallest absolute Gasteiger partial charge is 0.258 e. The molecule has 0 N–H and O–H groups in total. The van der Waals surface area contributed by atoms with Gasteiger partial charge in [0.1, 0.15) is 5.82 Å². The van der Waals surface area contributed by atoms with E-state index in [2.05, 4.69) is 0 Å². The number of rotatable bonds is 3. The largest absolute Gasteiger partial charge is 0.337 e. The highest BCUT2D eigenvalue weighted by Gasteiger charge is 2.37. The zero-order valence-corrected chi connectivity index (χ0v) is 15.3. The highest BCUT2D eigenvalue weighted by molar-refractivity contribution is 7.92. The second-order valence-corrected chi connectivity index (χ2v) is 8.83. The first kappa shape index (κ1) is 18.2. The normalized spacial score (nSPS) is 17.7. The van der Waals surface area contributed by atoms with Crippen molar-refractivity contribution in [2.45, 2.75) is 16.6 Å². The fourth-order valence-electron chi connectivity index (χ4n) is 2.84. The minimum Gasteiger partial charge on any atom is -0.337 e. The molecule has 1 saturated heterocycles. The van der Waals surface area contributed by atoms with Crippen molar-refractivity contribution in [1.82, 2.24) is 4.90 Å². The monoisotopic (exact) mass is 401 g/mol. The molecule has 3 rings (SSSR count). The number of benzene rings is 2. The van der Waals surface area contributed by atoms with Gasteiger partial charge in [0, 0.05) is 18.1 Å². The van der Waals surface area contributed by atoms with Gasteiger partial charge >= 0.3 is 0 Å². The van der Waals surface area contributed by atoms with Crippen molar-refractivity contribution >= 4 is 38.9 Å². The van der Waals surface area contributed by atoms with Crippen LogP contribution in [0.2, 0.25) is 10.0 Å². The Morgan fingerprint density at radius 1 is 1.12 bits per heavy atom. The second kappa shape index (κ2) is 6.94. The number of hydrogen-bond acceptors (Lipinski definition) is 3. The summed E-state index contributed by atoms with van der Waals surface area (Å²) in [6.07, 6.45) is 0.281. The van der Waals surface area contributed by atoms with Gasteiger partial charge in [-0.2, -0.15) is 0 Å². The molecule has 0 bridgehead atoms. The SMILES string of the molecule is O=C(c1c(F)cccc1Cl)N1CCC(S(=O)(=O)c2ccc(Cl)cc2)C1. The molecule has 0 radical (unpaired) electrons. The van der Waals surface area contributed by atoms with Gasteiger partial charge in [0.25, 0.3) is 5.91 Å². The number of halogens is 3. The summed E-state index contributed by atoms with van der Waals surface area (Å²) < 4.78 is 39.3. The fourth-order valence-corrected chi connectivity index (χ4v) is 4.90. The Morgan fingerprint density at radius 2 is 1.80 bits per heavy atom. The highest BCUT2D eigenvalue weighted by Crippen LogP contribution is 2.28. The zero-order chi connectivity index (χ0) is 18.2. The Morgan fingerprint density at radius 3 is 2.44 bits per heavy atom. The maximum atomic E-state index is 13.9. The molecular weight excluding hydrogens is 388 g/mol. The molecule has 1 heterocycles. The lowest BCUT2D eigenvalue weighted by molar-refractivity contribution is 0.0788. The van der Waals surface area contributed by atoms with Gasteiger partial charge in [0.05, 0.1) is 20.7 Å². The van der Waals surface area contributed by atoms with Gasteiger partial charge in [0.15, 0.2) is 9.84 Å². The molecule has 132 valence electrons. The summed E-state index contributed by atoms with van der Waals surface area (Å²) in [5, 5.41) is -0.298. The number of amides is 1. The van der Waals surface area contributed by atoms with Gasteiger partial charge in [-0.1, -0.05) is 29.3 Å². The molecule has 2 aromatic carbocycles. The first-order valence-electron chi connectivity index (χ1n) is 7.53. The van der Waals surface area contributed by atoms with E-state index in [0.29, 0.717) is 5.02 Å². The van der Waals surface area contributed by atoms with Crippen LogP contribution in [0.15, 0.2) is 47.4 Å². The number of hydrogen-bond donors (Lipinski definition) is 0. The topological polar surface area (TPSA) is 54.5 Å². The molecule has 0 saturated carbocycles. The fraction of sp³-hybridized carbons (Fsp3) is 0.235. The number of sulfone groups is 1. The molecule has 1 atom stereocenters. The van der Waals surface area contributed by atoms with Crippen LogP contribution in [-0.4, -0.2) is 37.6 Å². The summed E-state index contributed by atoms with van der Waals surface area (Å²) in [4.78, 5) is 14.0. The van der Waals surface area contributed by atoms with Crippen LogP contribution in [0.25, 0.3) is 0 Å². The molecule has 1 amide bonds. The lowest BCUT2D eigenvalue weighted by Gasteiger charge is -2.18. The van der Waals surface area contributed by atoms with Gasteiger partial charge in [-0.05, 0) is 42.8 Å². The second-order valence-electron chi connectivity index (χ2n) is 5.76. The molecule has 1 aliphatic heterocycles. The van der Waals surface area contributed by atoms with Gasteiger partial charge in [-0.3, -0.25) is 4.79 Å². The van der Waals surface area contributed by atoms with Crippen molar-refractivity contribution in [3.63, 3.8) is 0 Å². The van der Waals surface area contributed by atoms with Gasteiger partial charge in [-0.25, -0.2) is 12.8 Å². The van der Waals surface area contributed by atoms with Crippen LogP contribution in [0.5, 0.6) is 0 Å². The molecule has 1 aliphatic rings. The maximum absolute atomic E-state index is 13.9. The average Bonchev–Trinajstić information content (AvgIpc) is 3.06. The summed E-state index contributed by atoms with van der Waals surface area (Å²) in [5.74, 6) is -1.32. The molecule has 1 unspecified atom stereocenters. The van der Waals surface area contributed by atoms with Crippen LogP contribution >= 0.6 is 23.2 Å². The van der Waals surface area contributed by atoms with Crippen LogP contribution in [0.4, 0.5) is 4.39 Å². The maximum Gasteiger partial charge on any atom is 0.258 e. The van der Waals surface area contributed by atoms with Crippen molar-refractivity contribution in [2.75, 3.05) is 13.1 Å². The van der Waals surface area contributed by atoms with Gasteiger partial charge < -0.3 is 4.90 Å². The van der Waals surface area contributed by atoms with Crippen LogP contribution in [0.1, 0.15) is 16.8 Å². The molecule has 0 spiro atoms. The van der Waals surface area contributed by atoms with E-state index < -0.39 is 26.8 Å². The molecule has 0 aromatic heterocycles. The Balaban J connectivity index is 1.82. The number of likely N-dealkylation sites (tertiary alicyclic amines) is 1. The predicted molar refractivity (Wildman–Crippen MR) is 94.4 cm³/mol. The van der Waals surface area contributed by atoms with Crippen molar-refractivity contribution < 1.29 is 17.6 Å². The van der Waals surface area contributed by atoms with Crippen LogP contribution in [-0.2, 0) is 9.84 Å². The standard InChI is InChI=1S/C17H14Cl2FNO3S/c18-11-4-6-12(7-5-11)25(23,24)13-8-9-21(10-13)17(22)16-14(19)2-1-3-15(16)20/h1-7,13H,8-10H2. The zero-order valence-electron chi connectivity index (χ0n) is 13.0. The van der Waals surface area contributed by atoms with E-state index in [9.17, 15) is 17.6 Å². The molecule has 25 heavy (non-hydrogen) atoms. The molecule has 2 aromatic rings. The summed E-state index contributed by atoms with van der Waals surface area (Å²) in [6, 6.07) is 9.88. The molecule has 0 aliphatic carbocycles.